The molecule has 1 atom stereocenters. The van der Waals surface area contributed by atoms with Crippen LogP contribution in [0.2, 0.25) is 0 Å². The summed E-state index contributed by atoms with van der Waals surface area (Å²) in [5.74, 6) is 0.744. The van der Waals surface area contributed by atoms with E-state index in [4.69, 9.17) is 10.5 Å². The molecule has 4 heteroatoms. The lowest BCUT2D eigenvalue weighted by Gasteiger charge is -2.34. The van der Waals surface area contributed by atoms with Crippen molar-refractivity contribution in [2.24, 2.45) is 10.7 Å². The number of aliphatic imine (C=N–C) groups is 1. The third-order valence-corrected chi connectivity index (χ3v) is 3.29. The Hall–Kier alpha value is -0.770. The lowest BCUT2D eigenvalue weighted by atomic mass is 9.98. The summed E-state index contributed by atoms with van der Waals surface area (Å²) in [6.07, 6.45) is 3.64. The van der Waals surface area contributed by atoms with Gasteiger partial charge in [0, 0.05) is 12.6 Å². The number of hydrogen-bond acceptors (Lipinski definition) is 4. The van der Waals surface area contributed by atoms with Crippen molar-refractivity contribution >= 4 is 5.96 Å². The maximum absolute atomic E-state index is 5.89. The third-order valence-electron chi connectivity index (χ3n) is 3.29. The molecule has 1 spiro atoms. The van der Waals surface area contributed by atoms with Gasteiger partial charge >= 0.3 is 0 Å². The highest BCUT2D eigenvalue weighted by atomic mass is 16.5. The molecule has 2 fully saturated rings. The van der Waals surface area contributed by atoms with Crippen LogP contribution in [0.3, 0.4) is 0 Å². The summed E-state index contributed by atoms with van der Waals surface area (Å²) in [7, 11) is 0. The topological polar surface area (TPSA) is 50.9 Å². The predicted octanol–water partition coefficient (Wildman–Crippen LogP) is -0.0618. The Morgan fingerprint density at radius 2 is 2.38 bits per heavy atom. The van der Waals surface area contributed by atoms with Crippen LogP contribution < -0.4 is 5.73 Å². The fourth-order valence-corrected chi connectivity index (χ4v) is 2.44. The third kappa shape index (κ3) is 0.981. The molecule has 13 heavy (non-hydrogen) atoms. The van der Waals surface area contributed by atoms with E-state index in [1.54, 1.807) is 0 Å². The molecule has 0 bridgehead atoms. The quantitative estimate of drug-likeness (QED) is 0.616. The first-order valence-corrected chi connectivity index (χ1v) is 4.99. The summed E-state index contributed by atoms with van der Waals surface area (Å²) < 4.78 is 5.47. The van der Waals surface area contributed by atoms with Crippen LogP contribution in [0.25, 0.3) is 0 Å². The normalized spacial score (nSPS) is 38.8. The molecule has 1 saturated heterocycles. The first kappa shape index (κ1) is 7.62. The second-order valence-electron chi connectivity index (χ2n) is 4.30. The van der Waals surface area contributed by atoms with Crippen LogP contribution in [0.1, 0.15) is 19.3 Å². The highest BCUT2D eigenvalue weighted by Gasteiger charge is 2.50. The Bertz CT molecular complexity index is 254. The molecule has 1 unspecified atom stereocenters. The maximum Gasteiger partial charge on any atom is 0.192 e. The van der Waals surface area contributed by atoms with Gasteiger partial charge in [-0.3, -0.25) is 4.99 Å². The van der Waals surface area contributed by atoms with Gasteiger partial charge in [-0.1, -0.05) is 0 Å². The van der Waals surface area contributed by atoms with E-state index < -0.39 is 0 Å². The number of nitrogens with zero attached hydrogens (tertiary/aromatic N) is 2. The Morgan fingerprint density at radius 1 is 1.54 bits per heavy atom. The number of ether oxygens (including phenoxy) is 1. The van der Waals surface area contributed by atoms with E-state index in [0.29, 0.717) is 6.04 Å². The SMILES string of the molecule is NC1=NCC2(CCOC2)N1C1CC1. The zero-order valence-electron chi connectivity index (χ0n) is 7.70. The zero-order chi connectivity index (χ0) is 8.89. The molecular formula is C9H15N3O. The molecule has 1 aliphatic carbocycles. The Kier molecular flexibility index (Phi) is 1.39. The fourth-order valence-electron chi connectivity index (χ4n) is 2.44. The maximum atomic E-state index is 5.89. The van der Waals surface area contributed by atoms with E-state index in [1.165, 1.54) is 12.8 Å². The number of nitrogens with two attached hydrogens (primary N) is 1. The van der Waals surface area contributed by atoms with Crippen molar-refractivity contribution in [3.8, 4) is 0 Å². The average Bonchev–Trinajstić information content (AvgIpc) is 2.75. The van der Waals surface area contributed by atoms with Crippen LogP contribution in [0.15, 0.2) is 4.99 Å². The highest BCUT2D eigenvalue weighted by Crippen LogP contribution is 2.39. The molecule has 3 aliphatic rings. The minimum atomic E-state index is 0.144. The summed E-state index contributed by atoms with van der Waals surface area (Å²) in [5, 5.41) is 0. The van der Waals surface area contributed by atoms with Crippen LogP contribution in [0, 0.1) is 0 Å². The summed E-state index contributed by atoms with van der Waals surface area (Å²) in [6.45, 7) is 2.52. The van der Waals surface area contributed by atoms with Gasteiger partial charge in [-0.25, -0.2) is 0 Å². The fraction of sp³-hybridized carbons (Fsp3) is 0.889. The van der Waals surface area contributed by atoms with Gasteiger partial charge in [0.15, 0.2) is 5.96 Å². The Balaban J connectivity index is 1.88. The molecule has 72 valence electrons. The molecule has 0 aromatic heterocycles. The summed E-state index contributed by atoms with van der Waals surface area (Å²) in [6, 6.07) is 0.660. The van der Waals surface area contributed by atoms with Crippen LogP contribution in [-0.2, 0) is 4.74 Å². The van der Waals surface area contributed by atoms with Gasteiger partial charge in [-0.15, -0.1) is 0 Å². The van der Waals surface area contributed by atoms with Gasteiger partial charge in [0.2, 0.25) is 0 Å². The van der Waals surface area contributed by atoms with Gasteiger partial charge in [0.1, 0.15) is 0 Å². The first-order chi connectivity index (χ1) is 6.32. The zero-order valence-corrected chi connectivity index (χ0v) is 7.70. The number of guanidine groups is 1. The van der Waals surface area contributed by atoms with Crippen LogP contribution in [-0.4, -0.2) is 42.2 Å². The molecule has 3 rings (SSSR count). The molecule has 2 aliphatic heterocycles. The van der Waals surface area contributed by atoms with Crippen LogP contribution in [0.4, 0.5) is 0 Å². The van der Waals surface area contributed by atoms with Gasteiger partial charge in [0.25, 0.3) is 0 Å². The number of hydrogen-bond donors (Lipinski definition) is 1. The van der Waals surface area contributed by atoms with Crippen molar-refractivity contribution in [1.82, 2.24) is 4.90 Å². The summed E-state index contributed by atoms with van der Waals surface area (Å²) >= 11 is 0. The van der Waals surface area contributed by atoms with Gasteiger partial charge in [-0.2, -0.15) is 0 Å². The molecular weight excluding hydrogens is 166 g/mol. The molecule has 0 radical (unpaired) electrons. The van der Waals surface area contributed by atoms with Crippen molar-refractivity contribution in [2.75, 3.05) is 19.8 Å². The lowest BCUT2D eigenvalue weighted by Crippen LogP contribution is -2.53. The molecule has 0 aromatic rings. The summed E-state index contributed by atoms with van der Waals surface area (Å²) in [4.78, 5) is 6.67. The van der Waals surface area contributed by atoms with Crippen molar-refractivity contribution in [3.05, 3.63) is 0 Å². The monoisotopic (exact) mass is 181 g/mol. The minimum absolute atomic E-state index is 0.144. The van der Waals surface area contributed by atoms with E-state index in [1.807, 2.05) is 0 Å². The van der Waals surface area contributed by atoms with E-state index in [-0.39, 0.29) is 5.54 Å². The molecule has 0 aromatic carbocycles. The highest BCUT2D eigenvalue weighted by molar-refractivity contribution is 5.81. The molecule has 0 amide bonds. The van der Waals surface area contributed by atoms with E-state index in [2.05, 4.69) is 9.89 Å². The molecule has 4 nitrogen and oxygen atoms in total. The van der Waals surface area contributed by atoms with Crippen LogP contribution in [0.5, 0.6) is 0 Å². The van der Waals surface area contributed by atoms with Gasteiger partial charge in [-0.05, 0) is 19.3 Å². The molecule has 2 N–H and O–H groups in total. The van der Waals surface area contributed by atoms with Crippen molar-refractivity contribution in [2.45, 2.75) is 30.8 Å². The van der Waals surface area contributed by atoms with Gasteiger partial charge in [0.05, 0.1) is 18.7 Å². The second-order valence-corrected chi connectivity index (χ2v) is 4.30. The largest absolute Gasteiger partial charge is 0.379 e. The lowest BCUT2D eigenvalue weighted by molar-refractivity contribution is 0.130. The van der Waals surface area contributed by atoms with E-state index >= 15 is 0 Å². The van der Waals surface area contributed by atoms with Crippen molar-refractivity contribution in [1.29, 1.82) is 0 Å². The van der Waals surface area contributed by atoms with Crippen molar-refractivity contribution in [3.63, 3.8) is 0 Å². The Morgan fingerprint density at radius 3 is 3.00 bits per heavy atom. The van der Waals surface area contributed by atoms with Crippen LogP contribution >= 0.6 is 0 Å². The minimum Gasteiger partial charge on any atom is -0.379 e. The van der Waals surface area contributed by atoms with E-state index in [9.17, 15) is 0 Å². The Labute approximate surface area is 77.7 Å². The van der Waals surface area contributed by atoms with Crippen molar-refractivity contribution < 1.29 is 4.74 Å². The smallest absolute Gasteiger partial charge is 0.192 e. The second kappa shape index (κ2) is 2.38. The predicted molar refractivity (Wildman–Crippen MR) is 49.5 cm³/mol. The average molecular weight is 181 g/mol. The number of rotatable bonds is 1. The molecule has 2 heterocycles. The standard InChI is InChI=1S/C9H15N3O/c10-8-11-5-9(3-4-13-6-9)12(8)7-1-2-7/h7H,1-6H2,(H2,10,11). The molecule has 1 saturated carbocycles. The van der Waals surface area contributed by atoms with E-state index in [0.717, 1.165) is 32.1 Å². The first-order valence-electron chi connectivity index (χ1n) is 4.99. The summed E-state index contributed by atoms with van der Waals surface area (Å²) in [5.41, 5.74) is 6.04. The van der Waals surface area contributed by atoms with Gasteiger partial charge < -0.3 is 15.4 Å².